The number of unbranched alkanes of at least 4 members (excludes halogenated alkanes) is 3. The number of aliphatic hydroxyl groups excluding tert-OH is 1. The average Bonchev–Trinajstić information content (AvgIpc) is 2.42. The Morgan fingerprint density at radius 3 is 2.32 bits per heavy atom. The van der Waals surface area contributed by atoms with Crippen molar-refractivity contribution in [3.05, 3.63) is 22.7 Å². The van der Waals surface area contributed by atoms with Crippen LogP contribution in [0, 0.1) is 0 Å². The lowest BCUT2D eigenvalue weighted by Crippen LogP contribution is -2.01. The largest absolute Gasteiger partial charge is 0.493 e. The molecule has 0 aliphatic carbocycles. The van der Waals surface area contributed by atoms with Crippen molar-refractivity contribution in [2.45, 2.75) is 45.1 Å². The van der Waals surface area contributed by atoms with Crippen LogP contribution in [0.2, 0.25) is 5.02 Å². The first-order chi connectivity index (χ1) is 9.13. The Morgan fingerprint density at radius 2 is 1.74 bits per heavy atom. The first-order valence-corrected chi connectivity index (χ1v) is 7.11. The van der Waals surface area contributed by atoms with Crippen LogP contribution in [0.3, 0.4) is 0 Å². The summed E-state index contributed by atoms with van der Waals surface area (Å²) in [6.07, 6.45) is 4.69. The number of halogens is 1. The predicted molar refractivity (Wildman–Crippen MR) is 78.3 cm³/mol. The van der Waals surface area contributed by atoms with E-state index in [1.54, 1.807) is 26.4 Å². The second kappa shape index (κ2) is 8.28. The summed E-state index contributed by atoms with van der Waals surface area (Å²) in [6.45, 7) is 2.17. The third kappa shape index (κ3) is 4.59. The molecule has 1 N–H and O–H groups in total. The van der Waals surface area contributed by atoms with E-state index in [1.807, 2.05) is 0 Å². The zero-order chi connectivity index (χ0) is 14.3. The van der Waals surface area contributed by atoms with Crippen LogP contribution in [-0.2, 0) is 0 Å². The maximum Gasteiger partial charge on any atom is 0.162 e. The second-order valence-corrected chi connectivity index (χ2v) is 5.00. The molecule has 1 aromatic carbocycles. The first-order valence-electron chi connectivity index (χ1n) is 6.73. The normalized spacial score (nSPS) is 12.3. The van der Waals surface area contributed by atoms with Gasteiger partial charge in [0.05, 0.1) is 25.3 Å². The molecule has 1 aromatic rings. The molecular formula is C15H23ClO3. The minimum atomic E-state index is -0.552. The van der Waals surface area contributed by atoms with Crippen molar-refractivity contribution in [3.63, 3.8) is 0 Å². The summed E-state index contributed by atoms with van der Waals surface area (Å²) in [7, 11) is 3.14. The van der Waals surface area contributed by atoms with Gasteiger partial charge in [0, 0.05) is 11.6 Å². The van der Waals surface area contributed by atoms with Gasteiger partial charge in [-0.2, -0.15) is 0 Å². The Hall–Kier alpha value is -0.930. The van der Waals surface area contributed by atoms with E-state index in [0.29, 0.717) is 22.1 Å². The summed E-state index contributed by atoms with van der Waals surface area (Å²) < 4.78 is 10.4. The van der Waals surface area contributed by atoms with Crippen LogP contribution in [0.5, 0.6) is 11.5 Å². The molecule has 1 rings (SSSR count). The topological polar surface area (TPSA) is 38.7 Å². The first kappa shape index (κ1) is 16.1. The maximum absolute atomic E-state index is 10.2. The van der Waals surface area contributed by atoms with Gasteiger partial charge < -0.3 is 14.6 Å². The smallest absolute Gasteiger partial charge is 0.162 e. The molecule has 0 spiro atoms. The van der Waals surface area contributed by atoms with Gasteiger partial charge in [0.2, 0.25) is 0 Å². The summed E-state index contributed by atoms with van der Waals surface area (Å²) in [5.41, 5.74) is 0.704. The van der Waals surface area contributed by atoms with Gasteiger partial charge in [0.25, 0.3) is 0 Å². The predicted octanol–water partition coefficient (Wildman–Crippen LogP) is 4.36. The zero-order valence-corrected chi connectivity index (χ0v) is 12.7. The Balaban J connectivity index is 2.76. The number of aliphatic hydroxyl groups is 1. The fraction of sp³-hybridized carbons (Fsp3) is 0.600. The van der Waals surface area contributed by atoms with E-state index >= 15 is 0 Å². The lowest BCUT2D eigenvalue weighted by atomic mass is 10.0. The molecule has 1 unspecified atom stereocenters. The summed E-state index contributed by atoms with van der Waals surface area (Å²) in [5, 5.41) is 10.7. The van der Waals surface area contributed by atoms with Crippen molar-refractivity contribution in [1.29, 1.82) is 0 Å². The number of ether oxygens (including phenoxy) is 2. The number of benzene rings is 1. The van der Waals surface area contributed by atoms with E-state index in [4.69, 9.17) is 21.1 Å². The van der Waals surface area contributed by atoms with Crippen molar-refractivity contribution < 1.29 is 14.6 Å². The summed E-state index contributed by atoms with van der Waals surface area (Å²) in [6, 6.07) is 3.44. The number of rotatable bonds is 8. The highest BCUT2D eigenvalue weighted by Crippen LogP contribution is 2.37. The molecule has 0 heterocycles. The second-order valence-electron chi connectivity index (χ2n) is 4.59. The molecule has 0 aliphatic heterocycles. The molecule has 0 fully saturated rings. The minimum Gasteiger partial charge on any atom is -0.493 e. The highest BCUT2D eigenvalue weighted by Gasteiger charge is 2.16. The number of methoxy groups -OCH3 is 2. The monoisotopic (exact) mass is 286 g/mol. The van der Waals surface area contributed by atoms with Crippen LogP contribution >= 0.6 is 11.6 Å². The molecule has 0 aromatic heterocycles. The van der Waals surface area contributed by atoms with Crippen molar-refractivity contribution in [2.24, 2.45) is 0 Å². The summed E-state index contributed by atoms with van der Waals surface area (Å²) >= 11 is 6.18. The van der Waals surface area contributed by atoms with Crippen molar-refractivity contribution in [2.75, 3.05) is 14.2 Å². The fourth-order valence-corrected chi connectivity index (χ4v) is 2.32. The lowest BCUT2D eigenvalue weighted by molar-refractivity contribution is 0.163. The van der Waals surface area contributed by atoms with E-state index < -0.39 is 6.10 Å². The van der Waals surface area contributed by atoms with Crippen LogP contribution in [0.25, 0.3) is 0 Å². The summed E-state index contributed by atoms with van der Waals surface area (Å²) in [4.78, 5) is 0. The molecule has 3 nitrogen and oxygen atoms in total. The van der Waals surface area contributed by atoms with Crippen LogP contribution in [0.4, 0.5) is 0 Å². The van der Waals surface area contributed by atoms with Gasteiger partial charge in [0.1, 0.15) is 0 Å². The maximum atomic E-state index is 10.2. The molecule has 0 aliphatic rings. The summed E-state index contributed by atoms with van der Waals surface area (Å²) in [5.74, 6) is 1.17. The molecule has 19 heavy (non-hydrogen) atoms. The van der Waals surface area contributed by atoms with Crippen LogP contribution in [0.1, 0.15) is 50.7 Å². The molecule has 4 heteroatoms. The van der Waals surface area contributed by atoms with Gasteiger partial charge in [-0.1, -0.05) is 44.2 Å². The molecule has 0 bridgehead atoms. The molecular weight excluding hydrogens is 264 g/mol. The fourth-order valence-electron chi connectivity index (χ4n) is 2.05. The third-order valence-corrected chi connectivity index (χ3v) is 3.52. The van der Waals surface area contributed by atoms with Gasteiger partial charge in [-0.3, -0.25) is 0 Å². The van der Waals surface area contributed by atoms with E-state index in [0.717, 1.165) is 19.3 Å². The molecule has 0 radical (unpaired) electrons. The van der Waals surface area contributed by atoms with Gasteiger partial charge in [-0.25, -0.2) is 0 Å². The Labute approximate surface area is 120 Å². The highest BCUT2D eigenvalue weighted by molar-refractivity contribution is 6.31. The van der Waals surface area contributed by atoms with Crippen LogP contribution in [-0.4, -0.2) is 19.3 Å². The molecule has 0 amide bonds. The minimum absolute atomic E-state index is 0.514. The molecule has 1 atom stereocenters. The Bertz CT molecular complexity index is 393. The number of hydrogen-bond acceptors (Lipinski definition) is 3. The molecule has 108 valence electrons. The van der Waals surface area contributed by atoms with Crippen molar-refractivity contribution in [1.82, 2.24) is 0 Å². The number of hydrogen-bond donors (Lipinski definition) is 1. The highest BCUT2D eigenvalue weighted by atomic mass is 35.5. The Kier molecular flexibility index (Phi) is 7.03. The SMILES string of the molecule is CCCCCCC(O)c1cc(OC)c(OC)cc1Cl. The van der Waals surface area contributed by atoms with Crippen molar-refractivity contribution in [3.8, 4) is 11.5 Å². The van der Waals surface area contributed by atoms with Crippen LogP contribution < -0.4 is 9.47 Å². The van der Waals surface area contributed by atoms with Gasteiger partial charge in [-0.05, 0) is 12.5 Å². The Morgan fingerprint density at radius 1 is 1.11 bits per heavy atom. The standard InChI is InChI=1S/C15H23ClO3/c1-4-5-6-7-8-13(17)11-9-14(18-2)15(19-3)10-12(11)16/h9-10,13,17H,4-8H2,1-3H3. The van der Waals surface area contributed by atoms with Gasteiger partial charge >= 0.3 is 0 Å². The van der Waals surface area contributed by atoms with E-state index in [1.165, 1.54) is 12.8 Å². The van der Waals surface area contributed by atoms with Gasteiger partial charge in [0.15, 0.2) is 11.5 Å². The lowest BCUT2D eigenvalue weighted by Gasteiger charge is -2.16. The van der Waals surface area contributed by atoms with Crippen molar-refractivity contribution >= 4 is 11.6 Å². The van der Waals surface area contributed by atoms with E-state index in [-0.39, 0.29) is 0 Å². The quantitative estimate of drug-likeness (QED) is 0.722. The van der Waals surface area contributed by atoms with Crippen LogP contribution in [0.15, 0.2) is 12.1 Å². The van der Waals surface area contributed by atoms with E-state index in [9.17, 15) is 5.11 Å². The average molecular weight is 287 g/mol. The van der Waals surface area contributed by atoms with E-state index in [2.05, 4.69) is 6.92 Å². The third-order valence-electron chi connectivity index (χ3n) is 3.19. The molecule has 0 saturated carbocycles. The zero-order valence-electron chi connectivity index (χ0n) is 11.9. The molecule has 0 saturated heterocycles. The van der Waals surface area contributed by atoms with Gasteiger partial charge in [-0.15, -0.1) is 0 Å².